The third kappa shape index (κ3) is 3.44. The van der Waals surface area contributed by atoms with Crippen molar-refractivity contribution in [3.05, 3.63) is 60.2 Å². The summed E-state index contributed by atoms with van der Waals surface area (Å²) in [6, 6.07) is 9.71. The molecule has 1 fully saturated rings. The highest BCUT2D eigenvalue weighted by Crippen LogP contribution is 2.03. The lowest BCUT2D eigenvalue weighted by Gasteiger charge is -2.31. The van der Waals surface area contributed by atoms with Crippen molar-refractivity contribution < 1.29 is 14.7 Å². The van der Waals surface area contributed by atoms with Crippen molar-refractivity contribution in [2.24, 2.45) is 0 Å². The van der Waals surface area contributed by atoms with E-state index in [1.165, 1.54) is 10.6 Å². The average Bonchev–Trinajstić information content (AvgIpc) is 2.57. The zero-order chi connectivity index (χ0) is 14.5. The highest BCUT2D eigenvalue weighted by Gasteiger charge is 2.25. The van der Waals surface area contributed by atoms with Gasteiger partial charge in [-0.05, 0) is 18.2 Å². The highest BCUT2D eigenvalue weighted by molar-refractivity contribution is 5.94. The maximum atomic E-state index is 12.3. The number of aromatic nitrogens is 2. The number of carbonyl (C=O) groups is 1. The Balaban J connectivity index is 1.54. The number of pyridine rings is 2. The molecule has 21 heavy (non-hydrogen) atoms. The average molecular weight is 284 g/mol. The Labute approximate surface area is 124 Å². The van der Waals surface area contributed by atoms with Crippen LogP contribution >= 0.6 is 0 Å². The van der Waals surface area contributed by atoms with Crippen LogP contribution in [0.2, 0.25) is 0 Å². The third-order valence-electron chi connectivity index (χ3n) is 3.90. The molecule has 5 heteroatoms. The van der Waals surface area contributed by atoms with Crippen LogP contribution in [0.3, 0.4) is 0 Å². The minimum atomic E-state index is 0.114. The van der Waals surface area contributed by atoms with Crippen molar-refractivity contribution in [3.8, 4) is 0 Å². The van der Waals surface area contributed by atoms with Gasteiger partial charge in [0.1, 0.15) is 0 Å². The topological polar surface area (TPSA) is 51.8 Å². The normalized spacial score (nSPS) is 15.9. The Morgan fingerprint density at radius 1 is 1.19 bits per heavy atom. The highest BCUT2D eigenvalue weighted by atomic mass is 16.2. The molecule has 0 radical (unpaired) electrons. The van der Waals surface area contributed by atoms with E-state index in [1.807, 2.05) is 17.2 Å². The second-order valence-corrected chi connectivity index (χ2v) is 5.34. The molecule has 108 valence electrons. The fourth-order valence-electron chi connectivity index (χ4n) is 2.69. The van der Waals surface area contributed by atoms with Gasteiger partial charge in [-0.25, -0.2) is 4.98 Å². The molecule has 0 spiro atoms. The van der Waals surface area contributed by atoms with Crippen molar-refractivity contribution in [1.29, 1.82) is 0 Å². The monoisotopic (exact) mass is 284 g/mol. The minimum Gasteiger partial charge on any atom is -0.327 e. The van der Waals surface area contributed by atoms with E-state index in [1.54, 1.807) is 24.5 Å². The van der Waals surface area contributed by atoms with E-state index in [0.29, 0.717) is 0 Å². The van der Waals surface area contributed by atoms with Gasteiger partial charge in [-0.3, -0.25) is 9.78 Å². The Morgan fingerprint density at radius 3 is 2.62 bits per heavy atom. The summed E-state index contributed by atoms with van der Waals surface area (Å²) in [5.41, 5.74) is 1.96. The number of amides is 1. The van der Waals surface area contributed by atoms with Gasteiger partial charge in [-0.2, -0.15) is 0 Å². The molecule has 0 bridgehead atoms. The van der Waals surface area contributed by atoms with Gasteiger partial charge < -0.3 is 9.80 Å². The second-order valence-electron chi connectivity index (χ2n) is 5.34. The van der Waals surface area contributed by atoms with E-state index < -0.39 is 0 Å². The molecule has 0 aromatic carbocycles. The van der Waals surface area contributed by atoms with Crippen molar-refractivity contribution in [2.45, 2.75) is 6.54 Å². The van der Waals surface area contributed by atoms with Gasteiger partial charge in [-0.1, -0.05) is 0 Å². The Kier molecular flexibility index (Phi) is 4.21. The van der Waals surface area contributed by atoms with Crippen LogP contribution < -0.4 is 9.88 Å². The number of rotatable bonds is 3. The van der Waals surface area contributed by atoms with Gasteiger partial charge in [0.2, 0.25) is 5.69 Å². The van der Waals surface area contributed by atoms with Gasteiger partial charge in [0.05, 0.1) is 26.2 Å². The van der Waals surface area contributed by atoms with Crippen LogP contribution in [0.5, 0.6) is 0 Å². The van der Waals surface area contributed by atoms with Crippen LogP contribution in [0.4, 0.5) is 0 Å². The summed E-state index contributed by atoms with van der Waals surface area (Å²) in [6.45, 7) is 4.57. The molecule has 0 saturated carbocycles. The quantitative estimate of drug-likeness (QED) is 0.821. The summed E-state index contributed by atoms with van der Waals surface area (Å²) in [4.78, 5) is 23.0. The standard InChI is InChI=1S/C16H18N4O/c21-16(14-4-7-17-8-5-14)20-11-9-19(10-12-20)13-15-3-1-2-6-18-15/h1-8H,9-13H2/p+2. The number of hydrogen-bond acceptors (Lipinski definition) is 2. The van der Waals surface area contributed by atoms with E-state index in [2.05, 4.69) is 22.1 Å². The van der Waals surface area contributed by atoms with Gasteiger partial charge in [0.15, 0.2) is 12.7 Å². The first-order chi connectivity index (χ1) is 10.3. The van der Waals surface area contributed by atoms with Crippen LogP contribution in [0, 0.1) is 0 Å². The number of piperazine rings is 1. The summed E-state index contributed by atoms with van der Waals surface area (Å²) in [7, 11) is 0. The first-order valence-electron chi connectivity index (χ1n) is 7.31. The zero-order valence-electron chi connectivity index (χ0n) is 12.0. The maximum Gasteiger partial charge on any atom is 0.254 e. The molecule has 2 aromatic heterocycles. The van der Waals surface area contributed by atoms with Crippen molar-refractivity contribution >= 4 is 5.91 Å². The van der Waals surface area contributed by atoms with Crippen LogP contribution in [0.15, 0.2) is 48.9 Å². The smallest absolute Gasteiger partial charge is 0.254 e. The zero-order valence-corrected chi connectivity index (χ0v) is 12.0. The second kappa shape index (κ2) is 6.45. The maximum absolute atomic E-state index is 12.3. The first kappa shape index (κ1) is 13.7. The van der Waals surface area contributed by atoms with E-state index in [9.17, 15) is 4.79 Å². The molecule has 0 aliphatic carbocycles. The molecule has 1 aliphatic rings. The van der Waals surface area contributed by atoms with Crippen molar-refractivity contribution in [2.75, 3.05) is 26.2 Å². The van der Waals surface area contributed by atoms with E-state index in [4.69, 9.17) is 0 Å². The molecule has 2 aromatic rings. The molecule has 0 atom stereocenters. The molecule has 1 aliphatic heterocycles. The molecule has 3 rings (SSSR count). The number of hydrogen-bond donors (Lipinski definition) is 1. The molecule has 1 amide bonds. The van der Waals surface area contributed by atoms with Crippen LogP contribution in [0.1, 0.15) is 16.1 Å². The lowest BCUT2D eigenvalue weighted by molar-refractivity contribution is -0.921. The molecular weight excluding hydrogens is 264 g/mol. The van der Waals surface area contributed by atoms with Crippen LogP contribution in [-0.2, 0) is 6.54 Å². The predicted molar refractivity (Wildman–Crippen MR) is 77.5 cm³/mol. The number of carbonyl (C=O) groups excluding carboxylic acids is 1. The molecule has 2 N–H and O–H groups in total. The fraction of sp³-hybridized carbons (Fsp3) is 0.312. The minimum absolute atomic E-state index is 0.114. The summed E-state index contributed by atoms with van der Waals surface area (Å²) in [5.74, 6) is 0.114. The lowest BCUT2D eigenvalue weighted by atomic mass is 10.2. The number of nitrogens with zero attached hydrogens (tertiary/aromatic N) is 2. The third-order valence-corrected chi connectivity index (χ3v) is 3.90. The molecule has 1 saturated heterocycles. The molecule has 5 nitrogen and oxygen atoms in total. The number of quaternary nitrogens is 1. The predicted octanol–water partition coefficient (Wildman–Crippen LogP) is -0.563. The first-order valence-corrected chi connectivity index (χ1v) is 7.31. The van der Waals surface area contributed by atoms with Gasteiger partial charge in [0, 0.05) is 30.1 Å². The lowest BCUT2D eigenvalue weighted by Crippen LogP contribution is -3.13. The largest absolute Gasteiger partial charge is 0.327 e. The molecule has 0 unspecified atom stereocenters. The number of H-pyrrole nitrogens is 1. The number of aromatic amines is 1. The Morgan fingerprint density at radius 2 is 1.95 bits per heavy atom. The summed E-state index contributed by atoms with van der Waals surface area (Å²) in [6.07, 6.45) is 5.29. The Bertz CT molecular complexity index is 580. The Hall–Kier alpha value is -2.27. The van der Waals surface area contributed by atoms with Gasteiger partial charge in [0.25, 0.3) is 5.91 Å². The van der Waals surface area contributed by atoms with E-state index >= 15 is 0 Å². The molecule has 3 heterocycles. The SMILES string of the molecule is O=C(c1ccncc1)N1CC[NH+](Cc2cccc[nH+]2)CC1. The summed E-state index contributed by atoms with van der Waals surface area (Å²) >= 11 is 0. The van der Waals surface area contributed by atoms with Crippen LogP contribution in [-0.4, -0.2) is 42.0 Å². The van der Waals surface area contributed by atoms with Gasteiger partial charge >= 0.3 is 0 Å². The van der Waals surface area contributed by atoms with E-state index in [0.717, 1.165) is 38.3 Å². The van der Waals surface area contributed by atoms with Crippen LogP contribution in [0.25, 0.3) is 0 Å². The fourth-order valence-corrected chi connectivity index (χ4v) is 2.69. The van der Waals surface area contributed by atoms with E-state index in [-0.39, 0.29) is 5.91 Å². The number of nitrogens with one attached hydrogen (secondary N) is 2. The summed E-state index contributed by atoms with van der Waals surface area (Å²) in [5, 5.41) is 0. The van der Waals surface area contributed by atoms with Crippen molar-refractivity contribution in [3.63, 3.8) is 0 Å². The summed E-state index contributed by atoms with van der Waals surface area (Å²) < 4.78 is 0. The van der Waals surface area contributed by atoms with Gasteiger partial charge in [-0.15, -0.1) is 0 Å². The molecular formula is C16H20N4O+2. The van der Waals surface area contributed by atoms with Crippen molar-refractivity contribution in [1.82, 2.24) is 9.88 Å².